The zero-order chi connectivity index (χ0) is 13.9. The van der Waals surface area contributed by atoms with Crippen molar-refractivity contribution in [2.75, 3.05) is 5.32 Å². The van der Waals surface area contributed by atoms with Crippen LogP contribution in [-0.2, 0) is 0 Å². The van der Waals surface area contributed by atoms with Crippen LogP contribution in [0.5, 0.6) is 0 Å². The molecular weight excluding hydrogens is 248 g/mol. The van der Waals surface area contributed by atoms with Gasteiger partial charge in [0.05, 0.1) is 11.2 Å². The number of rotatable bonds is 2. The highest BCUT2D eigenvalue weighted by Crippen LogP contribution is 2.22. The first-order valence-corrected chi connectivity index (χ1v) is 6.47. The van der Waals surface area contributed by atoms with Crippen LogP contribution in [0.25, 0.3) is 10.9 Å². The van der Waals surface area contributed by atoms with Crippen molar-refractivity contribution < 1.29 is 4.79 Å². The summed E-state index contributed by atoms with van der Waals surface area (Å²) >= 11 is 0. The molecule has 0 aliphatic rings. The van der Waals surface area contributed by atoms with Gasteiger partial charge in [-0.15, -0.1) is 0 Å². The molecule has 1 amide bonds. The Bertz CT molecular complexity index is 766. The number of carbonyl (C=O) groups is 1. The average molecular weight is 262 g/mol. The van der Waals surface area contributed by atoms with Crippen LogP contribution in [0.1, 0.15) is 16.1 Å². The minimum absolute atomic E-state index is 0.112. The summed E-state index contributed by atoms with van der Waals surface area (Å²) in [6, 6.07) is 18.8. The van der Waals surface area contributed by atoms with E-state index in [-0.39, 0.29) is 5.91 Å². The number of nitrogens with zero attached hydrogens (tertiary/aromatic N) is 1. The fourth-order valence-electron chi connectivity index (χ4n) is 2.15. The number of hydrogen-bond acceptors (Lipinski definition) is 2. The lowest BCUT2D eigenvalue weighted by atomic mass is 10.1. The van der Waals surface area contributed by atoms with E-state index in [1.165, 1.54) is 0 Å². The Morgan fingerprint density at radius 1 is 0.950 bits per heavy atom. The van der Waals surface area contributed by atoms with Crippen molar-refractivity contribution in [3.8, 4) is 0 Å². The number of amides is 1. The minimum Gasteiger partial charge on any atom is -0.321 e. The molecule has 0 saturated carbocycles. The highest BCUT2D eigenvalue weighted by molar-refractivity contribution is 6.08. The second-order valence-electron chi connectivity index (χ2n) is 4.65. The largest absolute Gasteiger partial charge is 0.321 e. The molecule has 3 nitrogen and oxygen atoms in total. The van der Waals surface area contributed by atoms with Crippen molar-refractivity contribution in [1.82, 2.24) is 4.98 Å². The Labute approximate surface area is 117 Å². The molecule has 0 bridgehead atoms. The number of benzene rings is 2. The Morgan fingerprint density at radius 3 is 2.55 bits per heavy atom. The zero-order valence-electron chi connectivity index (χ0n) is 11.1. The molecule has 20 heavy (non-hydrogen) atoms. The Balaban J connectivity index is 1.97. The second-order valence-corrected chi connectivity index (χ2v) is 4.65. The molecule has 3 heteroatoms. The second kappa shape index (κ2) is 5.13. The maximum Gasteiger partial charge on any atom is 0.255 e. The lowest BCUT2D eigenvalue weighted by molar-refractivity contribution is 0.102. The van der Waals surface area contributed by atoms with E-state index in [0.717, 1.165) is 22.3 Å². The number of hydrogen-bond donors (Lipinski definition) is 1. The van der Waals surface area contributed by atoms with Crippen LogP contribution in [0.4, 0.5) is 5.69 Å². The van der Waals surface area contributed by atoms with Crippen molar-refractivity contribution in [1.29, 1.82) is 0 Å². The number of carbonyl (C=O) groups excluding carboxylic acids is 1. The van der Waals surface area contributed by atoms with Gasteiger partial charge in [-0.1, -0.05) is 24.3 Å². The van der Waals surface area contributed by atoms with E-state index in [2.05, 4.69) is 10.3 Å². The topological polar surface area (TPSA) is 42.0 Å². The van der Waals surface area contributed by atoms with Crippen molar-refractivity contribution in [3.63, 3.8) is 0 Å². The van der Waals surface area contributed by atoms with Gasteiger partial charge in [-0.05, 0) is 43.3 Å². The number of nitrogens with one attached hydrogen (secondary N) is 1. The van der Waals surface area contributed by atoms with Gasteiger partial charge in [0.15, 0.2) is 0 Å². The molecule has 0 unspecified atom stereocenters. The van der Waals surface area contributed by atoms with Crippen LogP contribution in [0.3, 0.4) is 0 Å². The molecule has 0 saturated heterocycles. The third-order valence-corrected chi connectivity index (χ3v) is 3.16. The summed E-state index contributed by atoms with van der Waals surface area (Å²) < 4.78 is 0. The van der Waals surface area contributed by atoms with E-state index in [1.54, 1.807) is 12.1 Å². The van der Waals surface area contributed by atoms with E-state index in [0.29, 0.717) is 5.56 Å². The summed E-state index contributed by atoms with van der Waals surface area (Å²) in [6.07, 6.45) is 0. The predicted octanol–water partition coefficient (Wildman–Crippen LogP) is 3.80. The summed E-state index contributed by atoms with van der Waals surface area (Å²) in [5.74, 6) is -0.112. The molecule has 1 heterocycles. The standard InChI is InChI=1S/C17H14N2O/c1-12-10-11-14-15(18-12)8-5-9-16(14)19-17(20)13-6-3-2-4-7-13/h2-11H,1H3,(H,19,20). The molecular formula is C17H14N2O. The van der Waals surface area contributed by atoms with Crippen molar-refractivity contribution >= 4 is 22.5 Å². The smallest absolute Gasteiger partial charge is 0.255 e. The van der Waals surface area contributed by atoms with Crippen LogP contribution in [0, 0.1) is 6.92 Å². The normalized spacial score (nSPS) is 10.4. The van der Waals surface area contributed by atoms with Crippen LogP contribution < -0.4 is 5.32 Å². The van der Waals surface area contributed by atoms with Gasteiger partial charge in [0.2, 0.25) is 0 Å². The van der Waals surface area contributed by atoms with Crippen LogP contribution in [-0.4, -0.2) is 10.9 Å². The maximum absolute atomic E-state index is 12.2. The van der Waals surface area contributed by atoms with Gasteiger partial charge in [-0.3, -0.25) is 9.78 Å². The number of pyridine rings is 1. The van der Waals surface area contributed by atoms with E-state index in [4.69, 9.17) is 0 Å². The van der Waals surface area contributed by atoms with Gasteiger partial charge in [0.25, 0.3) is 5.91 Å². The summed E-state index contributed by atoms with van der Waals surface area (Å²) in [4.78, 5) is 16.7. The molecule has 1 N–H and O–H groups in total. The molecule has 0 aliphatic carbocycles. The molecule has 3 aromatic rings. The number of aryl methyl sites for hydroxylation is 1. The van der Waals surface area contributed by atoms with E-state index >= 15 is 0 Å². The first-order valence-electron chi connectivity index (χ1n) is 6.47. The number of fused-ring (bicyclic) bond motifs is 1. The highest BCUT2D eigenvalue weighted by Gasteiger charge is 2.08. The maximum atomic E-state index is 12.2. The van der Waals surface area contributed by atoms with Crippen LogP contribution in [0.15, 0.2) is 60.7 Å². The molecule has 0 atom stereocenters. The van der Waals surface area contributed by atoms with E-state index < -0.39 is 0 Å². The fourth-order valence-corrected chi connectivity index (χ4v) is 2.15. The molecule has 0 fully saturated rings. The average Bonchev–Trinajstić information content (AvgIpc) is 2.48. The molecule has 0 aliphatic heterocycles. The summed E-state index contributed by atoms with van der Waals surface area (Å²) in [7, 11) is 0. The van der Waals surface area contributed by atoms with Crippen LogP contribution in [0.2, 0.25) is 0 Å². The molecule has 98 valence electrons. The van der Waals surface area contributed by atoms with Crippen LogP contribution >= 0.6 is 0 Å². The first kappa shape index (κ1) is 12.4. The highest BCUT2D eigenvalue weighted by atomic mass is 16.1. The monoisotopic (exact) mass is 262 g/mol. The summed E-state index contributed by atoms with van der Waals surface area (Å²) in [5, 5.41) is 3.89. The molecule has 0 radical (unpaired) electrons. The van der Waals surface area contributed by atoms with Gasteiger partial charge in [-0.25, -0.2) is 0 Å². The summed E-state index contributed by atoms with van der Waals surface area (Å²) in [5.41, 5.74) is 3.27. The van der Waals surface area contributed by atoms with E-state index in [1.807, 2.05) is 55.5 Å². The van der Waals surface area contributed by atoms with Gasteiger partial charge < -0.3 is 5.32 Å². The molecule has 3 rings (SSSR count). The quantitative estimate of drug-likeness (QED) is 0.763. The molecule has 0 spiro atoms. The lowest BCUT2D eigenvalue weighted by Gasteiger charge is -2.08. The number of anilines is 1. The van der Waals surface area contributed by atoms with Gasteiger partial charge in [-0.2, -0.15) is 0 Å². The molecule has 2 aromatic carbocycles. The third-order valence-electron chi connectivity index (χ3n) is 3.16. The fraction of sp³-hybridized carbons (Fsp3) is 0.0588. The Hall–Kier alpha value is -2.68. The van der Waals surface area contributed by atoms with Crippen molar-refractivity contribution in [2.45, 2.75) is 6.92 Å². The SMILES string of the molecule is Cc1ccc2c(NC(=O)c3ccccc3)cccc2n1. The van der Waals surface area contributed by atoms with Crippen molar-refractivity contribution in [2.24, 2.45) is 0 Å². The first-order chi connectivity index (χ1) is 9.74. The minimum atomic E-state index is -0.112. The van der Waals surface area contributed by atoms with Crippen molar-refractivity contribution in [3.05, 3.63) is 71.9 Å². The zero-order valence-corrected chi connectivity index (χ0v) is 11.1. The molecule has 1 aromatic heterocycles. The van der Waals surface area contributed by atoms with Gasteiger partial charge in [0.1, 0.15) is 0 Å². The van der Waals surface area contributed by atoms with Gasteiger partial charge in [0, 0.05) is 16.6 Å². The third kappa shape index (κ3) is 2.38. The predicted molar refractivity (Wildman–Crippen MR) is 80.9 cm³/mol. The van der Waals surface area contributed by atoms with Gasteiger partial charge >= 0.3 is 0 Å². The Kier molecular flexibility index (Phi) is 3.17. The number of aromatic nitrogens is 1. The Morgan fingerprint density at radius 2 is 1.75 bits per heavy atom. The van der Waals surface area contributed by atoms with E-state index in [9.17, 15) is 4.79 Å². The summed E-state index contributed by atoms with van der Waals surface area (Å²) in [6.45, 7) is 1.95. The lowest BCUT2D eigenvalue weighted by Crippen LogP contribution is -2.11.